The molecule has 44 heavy (non-hydrogen) atoms. The Kier molecular flexibility index (Phi) is 11.4. The van der Waals surface area contributed by atoms with Crippen LogP contribution in [0.4, 0.5) is 0 Å². The lowest BCUT2D eigenvalue weighted by molar-refractivity contribution is -0.141. The number of Topliss-reactive ketones (excluding diaryl/α,β-unsaturated/α-hetero) is 1. The Morgan fingerprint density at radius 1 is 1.11 bits per heavy atom. The molecule has 4 aliphatic rings. The molecule has 7 atom stereocenters. The molecule has 0 saturated heterocycles. The number of carbonyl (C=O) groups is 3. The topological polar surface area (TPSA) is 160 Å². The minimum atomic E-state index is -1.50. The molecule has 0 bridgehead atoms. The van der Waals surface area contributed by atoms with E-state index in [9.17, 15) is 19.5 Å². The number of benzene rings is 1. The molecule has 242 valence electrons. The van der Waals surface area contributed by atoms with E-state index in [-0.39, 0.29) is 40.8 Å². The van der Waals surface area contributed by atoms with E-state index in [1.165, 1.54) is 21.0 Å². The molecule has 10 heteroatoms. The van der Waals surface area contributed by atoms with Gasteiger partial charge in [-0.05, 0) is 93.4 Å². The molecule has 0 spiro atoms. The van der Waals surface area contributed by atoms with Gasteiger partial charge in [-0.25, -0.2) is 4.79 Å². The third-order valence-electron chi connectivity index (χ3n) is 9.92. The first-order valence-corrected chi connectivity index (χ1v) is 15.3. The molecule has 5 rings (SSSR count). The maximum absolute atomic E-state index is 13.4. The zero-order valence-electron chi connectivity index (χ0n) is 26.6. The molecule has 1 aromatic rings. The van der Waals surface area contributed by atoms with Crippen molar-refractivity contribution in [2.24, 2.45) is 39.8 Å². The van der Waals surface area contributed by atoms with Crippen molar-refractivity contribution < 1.29 is 39.3 Å². The fraction of sp³-hybridized carbons (Fsp3) is 0.618. The number of carbonyl (C=O) groups excluding carboxylic acids is 3. The van der Waals surface area contributed by atoms with Crippen molar-refractivity contribution >= 4 is 17.5 Å². The number of fused-ring (bicyclic) bond motifs is 5. The van der Waals surface area contributed by atoms with Crippen molar-refractivity contribution in [1.29, 1.82) is 0 Å². The molecule has 0 aromatic heterocycles. The molecule has 3 saturated carbocycles. The molecule has 3 fully saturated rings. The number of rotatable bonds is 6. The number of aliphatic hydroxyl groups excluding tert-OH is 1. The first kappa shape index (κ1) is 35.3. The van der Waals surface area contributed by atoms with Crippen LogP contribution >= 0.6 is 0 Å². The highest BCUT2D eigenvalue weighted by atomic mass is 16.7. The molecule has 10 nitrogen and oxygen atoms in total. The highest BCUT2D eigenvalue weighted by molar-refractivity contribution is 6.01. The van der Waals surface area contributed by atoms with Crippen LogP contribution in [0.3, 0.4) is 0 Å². The van der Waals surface area contributed by atoms with Crippen LogP contribution in [-0.4, -0.2) is 58.5 Å². The fourth-order valence-corrected chi connectivity index (χ4v) is 8.20. The van der Waals surface area contributed by atoms with Crippen LogP contribution in [0.2, 0.25) is 0 Å². The van der Waals surface area contributed by atoms with Gasteiger partial charge in [0.2, 0.25) is 0 Å². The van der Waals surface area contributed by atoms with Gasteiger partial charge in [-0.2, -0.15) is 0 Å². The van der Waals surface area contributed by atoms with E-state index in [2.05, 4.69) is 18.7 Å². The highest BCUT2D eigenvalue weighted by Crippen LogP contribution is 2.66. The van der Waals surface area contributed by atoms with Crippen LogP contribution < -0.4 is 0 Å². The second-order valence-corrected chi connectivity index (χ2v) is 13.2. The predicted molar refractivity (Wildman–Crippen MR) is 164 cm³/mol. The van der Waals surface area contributed by atoms with Gasteiger partial charge in [-0.3, -0.25) is 9.59 Å². The lowest BCUT2D eigenvalue weighted by Gasteiger charge is -2.58. The summed E-state index contributed by atoms with van der Waals surface area (Å²) in [4.78, 5) is 50.4. The van der Waals surface area contributed by atoms with Gasteiger partial charge >= 0.3 is 5.97 Å². The first-order chi connectivity index (χ1) is 20.6. The largest absolute Gasteiger partial charge is 0.454 e. The van der Waals surface area contributed by atoms with Crippen molar-refractivity contribution in [2.75, 3.05) is 13.7 Å². The smallest absolute Gasteiger partial charge is 0.338 e. The van der Waals surface area contributed by atoms with Gasteiger partial charge in [0.05, 0.1) is 11.7 Å². The van der Waals surface area contributed by atoms with Crippen LogP contribution in [0.5, 0.6) is 0 Å². The van der Waals surface area contributed by atoms with Crippen molar-refractivity contribution in [1.82, 2.24) is 0 Å². The number of nitrogens with zero attached hydrogens (tertiary/aromatic N) is 1. The third kappa shape index (κ3) is 7.71. The quantitative estimate of drug-likeness (QED) is 0.176. The van der Waals surface area contributed by atoms with Crippen LogP contribution in [0.15, 0.2) is 53.4 Å². The Labute approximate surface area is 259 Å². The normalized spacial score (nSPS) is 31.8. The van der Waals surface area contributed by atoms with Crippen LogP contribution in [0, 0.1) is 39.4 Å². The van der Waals surface area contributed by atoms with Crippen molar-refractivity contribution in [3.63, 3.8) is 0 Å². The number of aliphatic hydroxyl groups is 3. The van der Waals surface area contributed by atoms with Crippen LogP contribution in [0.1, 0.15) is 82.6 Å². The molecule has 0 heterocycles. The average molecular weight is 614 g/mol. The van der Waals surface area contributed by atoms with Crippen LogP contribution in [0.25, 0.3) is 0 Å². The standard InChI is InChI=1S/C30H36O5.C3H8O2.CH3NO2/c1-4-18-7-5-6-8-21(18)28(34)35-17-26(33)24-12-11-23-22-10-9-19-15-20(31)13-14-29(19,2)27(22)25(32)16-30(23,24)3;1-3(2,4)5;1-4-2-3/h5-8,13-15,22-25,27,32H,4,9-12,16-17H2,1-3H3;4-5H,1-2H3;1H3. The zero-order chi connectivity index (χ0) is 32.9. The highest BCUT2D eigenvalue weighted by Gasteiger charge is 2.62. The summed E-state index contributed by atoms with van der Waals surface area (Å²) in [7, 11) is 1.20. The van der Waals surface area contributed by atoms with Gasteiger partial charge < -0.3 is 24.9 Å². The molecule has 4 aliphatic carbocycles. The summed E-state index contributed by atoms with van der Waals surface area (Å²) in [6.45, 7) is 8.69. The summed E-state index contributed by atoms with van der Waals surface area (Å²) in [6.07, 6.45) is 9.69. The third-order valence-corrected chi connectivity index (χ3v) is 9.92. The van der Waals surface area contributed by atoms with E-state index in [0.29, 0.717) is 23.8 Å². The summed E-state index contributed by atoms with van der Waals surface area (Å²) < 4.78 is 5.50. The van der Waals surface area contributed by atoms with Crippen molar-refractivity contribution in [3.05, 3.63) is 64.1 Å². The molecular formula is C34H47NO9. The van der Waals surface area contributed by atoms with E-state index in [4.69, 9.17) is 19.9 Å². The second-order valence-electron chi connectivity index (χ2n) is 13.2. The molecule has 0 radical (unpaired) electrons. The predicted octanol–water partition coefficient (Wildman–Crippen LogP) is 4.89. The van der Waals surface area contributed by atoms with E-state index < -0.39 is 17.9 Å². The van der Waals surface area contributed by atoms with E-state index >= 15 is 0 Å². The molecule has 0 amide bonds. The number of aryl methyl sites for hydroxylation is 1. The van der Waals surface area contributed by atoms with E-state index in [0.717, 1.165) is 43.2 Å². The average Bonchev–Trinajstić information content (AvgIpc) is 3.31. The summed E-state index contributed by atoms with van der Waals surface area (Å²) in [5.74, 6) is -1.46. The van der Waals surface area contributed by atoms with Crippen LogP contribution in [-0.2, 0) is 25.6 Å². The van der Waals surface area contributed by atoms with Crippen molar-refractivity contribution in [3.8, 4) is 0 Å². The maximum atomic E-state index is 13.4. The number of hydrogen-bond acceptors (Lipinski definition) is 10. The molecular weight excluding hydrogens is 566 g/mol. The minimum absolute atomic E-state index is 0.0336. The number of allylic oxidation sites excluding steroid dienone is 4. The Morgan fingerprint density at radius 3 is 2.36 bits per heavy atom. The zero-order valence-corrected chi connectivity index (χ0v) is 26.6. The Hall–Kier alpha value is -3.21. The lowest BCUT2D eigenvalue weighted by atomic mass is 9.46. The fourth-order valence-electron chi connectivity index (χ4n) is 8.20. The van der Waals surface area contributed by atoms with Gasteiger partial charge in [-0.1, -0.05) is 50.6 Å². The van der Waals surface area contributed by atoms with Gasteiger partial charge in [0.15, 0.2) is 29.3 Å². The first-order valence-electron chi connectivity index (χ1n) is 15.3. The van der Waals surface area contributed by atoms with E-state index in [1.54, 1.807) is 18.2 Å². The Bertz CT molecular complexity index is 1280. The van der Waals surface area contributed by atoms with Gasteiger partial charge in [-0.15, -0.1) is 4.91 Å². The van der Waals surface area contributed by atoms with Crippen molar-refractivity contribution in [2.45, 2.75) is 85.0 Å². The number of esters is 1. The maximum Gasteiger partial charge on any atom is 0.338 e. The minimum Gasteiger partial charge on any atom is -0.454 e. The SMILES string of the molecule is CC(C)(O)O.CCc1ccccc1C(=O)OCC(=O)C1CCC2C3CCC4=CC(=O)C=CC4(C)C3C(O)CC12C.CON=O. The molecule has 0 aliphatic heterocycles. The van der Waals surface area contributed by atoms with Gasteiger partial charge in [0.1, 0.15) is 7.11 Å². The summed E-state index contributed by atoms with van der Waals surface area (Å²) >= 11 is 0. The number of ketones is 2. The molecule has 7 unspecified atom stereocenters. The molecule has 3 N–H and O–H groups in total. The second kappa shape index (κ2) is 14.3. The lowest BCUT2D eigenvalue weighted by Crippen LogP contribution is -2.56. The summed E-state index contributed by atoms with van der Waals surface area (Å²) in [5.41, 5.74) is 1.96. The number of hydrogen-bond donors (Lipinski definition) is 3. The Morgan fingerprint density at radius 2 is 1.75 bits per heavy atom. The van der Waals surface area contributed by atoms with E-state index in [1.807, 2.05) is 36.5 Å². The number of ether oxygens (including phenoxy) is 1. The van der Waals surface area contributed by atoms with Gasteiger partial charge in [0, 0.05) is 17.3 Å². The van der Waals surface area contributed by atoms with Gasteiger partial charge in [0.25, 0.3) is 0 Å². The molecule has 1 aromatic carbocycles. The summed E-state index contributed by atoms with van der Waals surface area (Å²) in [6, 6.07) is 7.36. The Balaban J connectivity index is 0.000000519. The monoisotopic (exact) mass is 613 g/mol. The summed E-state index contributed by atoms with van der Waals surface area (Å²) in [5, 5.41) is 29.6.